The van der Waals surface area contributed by atoms with Gasteiger partial charge in [0.25, 0.3) is 0 Å². The third-order valence-electron chi connectivity index (χ3n) is 9.87. The van der Waals surface area contributed by atoms with Crippen LogP contribution in [0.1, 0.15) is 17.7 Å². The van der Waals surface area contributed by atoms with Gasteiger partial charge in [0, 0.05) is 61.9 Å². The molecule has 0 radical (unpaired) electrons. The molecule has 0 saturated carbocycles. The van der Waals surface area contributed by atoms with Crippen molar-refractivity contribution in [1.82, 2.24) is 0 Å². The van der Waals surface area contributed by atoms with Gasteiger partial charge in [-0.05, 0) is 115 Å². The minimum absolute atomic E-state index is 0.866. The first kappa shape index (κ1) is 28.5. The van der Waals surface area contributed by atoms with Crippen LogP contribution in [0.15, 0.2) is 173 Å². The SMILES string of the molecule is C1=Cc2oc3ccc(N(c4ccc5ccc(N(c6ccccc6)c6ccccc6)cc5c4)c4ccc5c(c4)oc4ccccc45)cc3c2CC1. The molecular weight excluding hydrogens is 613 g/mol. The number of hydrogen-bond acceptors (Lipinski definition) is 4. The minimum Gasteiger partial charge on any atom is -0.456 e. The van der Waals surface area contributed by atoms with Crippen LogP contribution in [0.5, 0.6) is 0 Å². The fourth-order valence-electron chi connectivity index (χ4n) is 7.51. The quantitative estimate of drug-likeness (QED) is 0.180. The van der Waals surface area contributed by atoms with Gasteiger partial charge in [-0.15, -0.1) is 0 Å². The summed E-state index contributed by atoms with van der Waals surface area (Å²) in [6.45, 7) is 0. The van der Waals surface area contributed by atoms with Crippen molar-refractivity contribution in [2.75, 3.05) is 9.80 Å². The van der Waals surface area contributed by atoms with Crippen LogP contribution in [0.3, 0.4) is 0 Å². The number of rotatable bonds is 6. The highest BCUT2D eigenvalue weighted by atomic mass is 16.3. The number of furan rings is 2. The molecular formula is C46H32N2O2. The molecule has 2 heterocycles. The molecule has 0 aliphatic heterocycles. The summed E-state index contributed by atoms with van der Waals surface area (Å²) in [5, 5.41) is 5.73. The Balaban J connectivity index is 1.16. The summed E-state index contributed by atoms with van der Waals surface area (Å²) in [6, 6.07) is 55.9. The van der Waals surface area contributed by atoms with Crippen LogP contribution in [0, 0.1) is 0 Å². The predicted octanol–water partition coefficient (Wildman–Crippen LogP) is 13.4. The number of allylic oxidation sites excluding steroid dienone is 1. The average Bonchev–Trinajstić information content (AvgIpc) is 3.74. The Morgan fingerprint density at radius 1 is 0.400 bits per heavy atom. The Hall–Kier alpha value is -6.52. The van der Waals surface area contributed by atoms with Gasteiger partial charge < -0.3 is 18.6 Å². The maximum absolute atomic E-state index is 6.39. The maximum Gasteiger partial charge on any atom is 0.137 e. The fraction of sp³-hybridized carbons (Fsp3) is 0.0435. The number of para-hydroxylation sites is 3. The molecule has 9 aromatic rings. The van der Waals surface area contributed by atoms with Gasteiger partial charge in [0.05, 0.1) is 0 Å². The molecule has 10 rings (SSSR count). The summed E-state index contributed by atoms with van der Waals surface area (Å²) >= 11 is 0. The van der Waals surface area contributed by atoms with E-state index in [0.29, 0.717) is 0 Å². The Kier molecular flexibility index (Phi) is 6.59. The number of benzene rings is 7. The van der Waals surface area contributed by atoms with Crippen molar-refractivity contribution in [2.45, 2.75) is 12.8 Å². The van der Waals surface area contributed by atoms with E-state index in [4.69, 9.17) is 8.83 Å². The molecule has 2 aromatic heterocycles. The molecule has 0 spiro atoms. The van der Waals surface area contributed by atoms with E-state index in [-0.39, 0.29) is 0 Å². The highest BCUT2D eigenvalue weighted by molar-refractivity contribution is 6.06. The molecule has 4 nitrogen and oxygen atoms in total. The molecule has 1 aliphatic rings. The van der Waals surface area contributed by atoms with Crippen molar-refractivity contribution in [3.8, 4) is 0 Å². The van der Waals surface area contributed by atoms with E-state index in [1.807, 2.05) is 12.1 Å². The minimum atomic E-state index is 0.866. The number of hydrogen-bond donors (Lipinski definition) is 0. The highest BCUT2D eigenvalue weighted by Crippen LogP contribution is 2.43. The molecule has 7 aromatic carbocycles. The third kappa shape index (κ3) is 4.76. The molecule has 4 heteroatoms. The lowest BCUT2D eigenvalue weighted by molar-refractivity contribution is 0.595. The van der Waals surface area contributed by atoms with E-state index >= 15 is 0 Å². The van der Waals surface area contributed by atoms with Crippen molar-refractivity contribution in [2.24, 2.45) is 0 Å². The van der Waals surface area contributed by atoms with E-state index in [1.165, 1.54) is 16.3 Å². The lowest BCUT2D eigenvalue weighted by atomic mass is 10.0. The third-order valence-corrected chi connectivity index (χ3v) is 9.87. The first-order chi connectivity index (χ1) is 24.8. The molecule has 50 heavy (non-hydrogen) atoms. The molecule has 0 bridgehead atoms. The Morgan fingerprint density at radius 3 is 1.74 bits per heavy atom. The summed E-state index contributed by atoms with van der Waals surface area (Å²) in [5.41, 5.74) is 10.4. The fourth-order valence-corrected chi connectivity index (χ4v) is 7.51. The van der Waals surface area contributed by atoms with Gasteiger partial charge >= 0.3 is 0 Å². The first-order valence-electron chi connectivity index (χ1n) is 17.1. The van der Waals surface area contributed by atoms with Crippen LogP contribution in [0.4, 0.5) is 34.1 Å². The number of anilines is 6. The molecule has 0 atom stereocenters. The second-order valence-corrected chi connectivity index (χ2v) is 12.9. The normalized spacial score (nSPS) is 12.6. The first-order valence-corrected chi connectivity index (χ1v) is 17.1. The molecule has 0 N–H and O–H groups in total. The zero-order valence-corrected chi connectivity index (χ0v) is 27.3. The van der Waals surface area contributed by atoms with Gasteiger partial charge in [-0.1, -0.05) is 72.8 Å². The molecule has 0 amide bonds. The van der Waals surface area contributed by atoms with Gasteiger partial charge in [-0.25, -0.2) is 0 Å². The van der Waals surface area contributed by atoms with Crippen LogP contribution in [0.25, 0.3) is 49.8 Å². The maximum atomic E-state index is 6.39. The lowest BCUT2D eigenvalue weighted by Gasteiger charge is -2.27. The topological polar surface area (TPSA) is 32.8 Å². The van der Waals surface area contributed by atoms with Crippen molar-refractivity contribution in [3.05, 3.63) is 175 Å². The van der Waals surface area contributed by atoms with Gasteiger partial charge in [-0.2, -0.15) is 0 Å². The Labute approximate surface area is 289 Å². The van der Waals surface area contributed by atoms with E-state index in [0.717, 1.165) is 85.6 Å². The Bertz CT molecular complexity index is 2680. The largest absolute Gasteiger partial charge is 0.456 e. The summed E-state index contributed by atoms with van der Waals surface area (Å²) in [6.07, 6.45) is 6.31. The molecule has 238 valence electrons. The number of nitrogens with zero attached hydrogens (tertiary/aromatic N) is 2. The highest BCUT2D eigenvalue weighted by Gasteiger charge is 2.20. The lowest BCUT2D eigenvalue weighted by Crippen LogP contribution is -2.10. The second-order valence-electron chi connectivity index (χ2n) is 12.9. The standard InChI is InChI=1S/C46H32N2O2/c1-3-11-33(12-4-1)47(34-13-5-2-6-14-34)35-21-19-31-20-22-36(28-32(31)27-35)48(37-24-26-45-42(29-37)40-16-8-10-18-44(40)49-45)38-23-25-41-39-15-7-9-17-43(39)50-46(41)30-38/h1-7,9-15,17-30H,8,16H2. The van der Waals surface area contributed by atoms with Gasteiger partial charge in [0.15, 0.2) is 0 Å². The van der Waals surface area contributed by atoms with E-state index in [2.05, 4.69) is 168 Å². The summed E-state index contributed by atoms with van der Waals surface area (Å²) in [7, 11) is 0. The van der Waals surface area contributed by atoms with Crippen LogP contribution in [-0.2, 0) is 6.42 Å². The van der Waals surface area contributed by atoms with Crippen molar-refractivity contribution in [3.63, 3.8) is 0 Å². The van der Waals surface area contributed by atoms with Crippen molar-refractivity contribution in [1.29, 1.82) is 0 Å². The zero-order valence-electron chi connectivity index (χ0n) is 27.3. The van der Waals surface area contributed by atoms with Crippen LogP contribution < -0.4 is 9.80 Å². The molecule has 0 unspecified atom stereocenters. The van der Waals surface area contributed by atoms with Crippen molar-refractivity contribution < 1.29 is 8.83 Å². The second kappa shape index (κ2) is 11.6. The average molecular weight is 645 g/mol. The van der Waals surface area contributed by atoms with Crippen molar-refractivity contribution >= 4 is 83.9 Å². The van der Waals surface area contributed by atoms with Gasteiger partial charge in [0.1, 0.15) is 22.5 Å². The zero-order chi connectivity index (χ0) is 33.0. The Morgan fingerprint density at radius 2 is 0.980 bits per heavy atom. The molecule has 0 saturated heterocycles. The van der Waals surface area contributed by atoms with Crippen LogP contribution in [0.2, 0.25) is 0 Å². The van der Waals surface area contributed by atoms with Crippen LogP contribution >= 0.6 is 0 Å². The number of fused-ring (bicyclic) bond motifs is 7. The van der Waals surface area contributed by atoms with E-state index in [9.17, 15) is 0 Å². The predicted molar refractivity (Wildman–Crippen MR) is 208 cm³/mol. The summed E-state index contributed by atoms with van der Waals surface area (Å²) in [5.74, 6) is 0.971. The summed E-state index contributed by atoms with van der Waals surface area (Å²) < 4.78 is 12.7. The number of aryl methyl sites for hydroxylation is 1. The monoisotopic (exact) mass is 644 g/mol. The molecule has 0 fully saturated rings. The smallest absolute Gasteiger partial charge is 0.137 e. The van der Waals surface area contributed by atoms with Gasteiger partial charge in [-0.3, -0.25) is 0 Å². The molecule has 1 aliphatic carbocycles. The van der Waals surface area contributed by atoms with Gasteiger partial charge in [0.2, 0.25) is 0 Å². The van der Waals surface area contributed by atoms with Crippen LogP contribution in [-0.4, -0.2) is 0 Å². The summed E-state index contributed by atoms with van der Waals surface area (Å²) in [4.78, 5) is 4.65. The van der Waals surface area contributed by atoms with E-state index < -0.39 is 0 Å². The van der Waals surface area contributed by atoms with E-state index in [1.54, 1.807) is 0 Å².